The van der Waals surface area contributed by atoms with Gasteiger partial charge in [-0.1, -0.05) is 180 Å². The molecule has 0 aliphatic heterocycles. The van der Waals surface area contributed by atoms with Crippen molar-refractivity contribution < 1.29 is 95.4 Å². The molecule has 0 aromatic rings. The Labute approximate surface area is 420 Å². The molecule has 1 aliphatic rings. The predicted octanol–water partition coefficient (Wildman–Crippen LogP) is 9.39. The van der Waals surface area contributed by atoms with E-state index >= 15 is 0 Å². The number of aliphatic hydroxyl groups excluding tert-OH is 3. The fraction of sp³-hybridized carbons (Fsp3) is 0.935. The van der Waals surface area contributed by atoms with E-state index in [9.17, 15) is 67.9 Å². The number of aliphatic hydroxyl groups is 3. The molecular weight excluding hydrogens is 997 g/mol. The van der Waals surface area contributed by atoms with E-state index in [0.29, 0.717) is 24.4 Å². The summed E-state index contributed by atoms with van der Waals surface area (Å²) in [6, 6.07) is 0. The van der Waals surface area contributed by atoms with Gasteiger partial charge < -0.3 is 49.3 Å². The summed E-state index contributed by atoms with van der Waals surface area (Å²) >= 11 is 1.47. The minimum atomic E-state index is -5.61. The standard InChI is InChI=1S/C46H89O20P3S/c1-3-5-6-7-8-9-10-13-16-19-22-25-28-32-38(47)63-37(35-39(48)61-33-29-26-23-20-17-14-11-12-15-18-21-24-27-30-34-70-40(49)31-4-2)36-62-69(59,60)66-44-41(50)42(51)45(64-67(53,54)55)46(43(44)52)65-68(56,57)58/h37,41-46,50-52H,3-36H2,1-2H3,(H,59,60)(H2,53,54,55)(H2,56,57,58)/t37-,41+,42-,43?,44?,45?,46+/m1/s1. The third-order valence-electron chi connectivity index (χ3n) is 11.9. The van der Waals surface area contributed by atoms with Gasteiger partial charge in [-0.15, -0.1) is 0 Å². The van der Waals surface area contributed by atoms with Crippen LogP contribution in [0.5, 0.6) is 0 Å². The summed E-state index contributed by atoms with van der Waals surface area (Å²) in [6.45, 7) is 3.37. The molecule has 0 bridgehead atoms. The Kier molecular flexibility index (Phi) is 38.0. The fourth-order valence-corrected chi connectivity index (χ4v) is 11.1. The zero-order valence-corrected chi connectivity index (χ0v) is 45.3. The first kappa shape index (κ1) is 67.2. The molecule has 1 saturated carbocycles. The molecule has 8 N–H and O–H groups in total. The summed E-state index contributed by atoms with van der Waals surface area (Å²) in [6.07, 6.45) is 14.0. The number of ether oxygens (including phenoxy) is 2. The van der Waals surface area contributed by atoms with Crippen molar-refractivity contribution in [1.29, 1.82) is 0 Å². The smallest absolute Gasteiger partial charge is 0.466 e. The molecule has 1 rings (SSSR count). The number of thioether (sulfide) groups is 1. The number of phosphoric ester groups is 3. The highest BCUT2D eigenvalue weighted by Gasteiger charge is 2.56. The Morgan fingerprint density at radius 3 is 1.36 bits per heavy atom. The topological polar surface area (TPSA) is 320 Å². The van der Waals surface area contributed by atoms with Gasteiger partial charge in [-0.05, 0) is 25.7 Å². The second-order valence-corrected chi connectivity index (χ2v) is 23.3. The molecule has 1 aliphatic carbocycles. The Bertz CT molecular complexity index is 1530. The lowest BCUT2D eigenvalue weighted by Crippen LogP contribution is -2.65. The Morgan fingerprint density at radius 1 is 0.486 bits per heavy atom. The van der Waals surface area contributed by atoms with Gasteiger partial charge >= 0.3 is 35.4 Å². The van der Waals surface area contributed by atoms with Crippen LogP contribution in [0.3, 0.4) is 0 Å². The molecule has 414 valence electrons. The quantitative estimate of drug-likeness (QED) is 0.0160. The van der Waals surface area contributed by atoms with Crippen molar-refractivity contribution in [2.24, 2.45) is 0 Å². The van der Waals surface area contributed by atoms with E-state index in [1.807, 2.05) is 6.92 Å². The summed E-state index contributed by atoms with van der Waals surface area (Å²) in [7, 11) is -16.6. The largest absolute Gasteiger partial charge is 0.472 e. The fourth-order valence-electron chi connectivity index (χ4n) is 8.10. The van der Waals surface area contributed by atoms with Crippen molar-refractivity contribution in [3.63, 3.8) is 0 Å². The molecule has 0 spiro atoms. The second kappa shape index (κ2) is 39.6. The van der Waals surface area contributed by atoms with Gasteiger partial charge in [-0.2, -0.15) is 0 Å². The van der Waals surface area contributed by atoms with Gasteiger partial charge in [0.25, 0.3) is 0 Å². The molecular formula is C46H89O20P3S. The molecule has 4 unspecified atom stereocenters. The Hall–Kier alpha value is -0.830. The van der Waals surface area contributed by atoms with Gasteiger partial charge in [0.05, 0.1) is 19.6 Å². The molecule has 0 aromatic heterocycles. The summed E-state index contributed by atoms with van der Waals surface area (Å²) in [4.78, 5) is 85.1. The average molecular weight is 1090 g/mol. The van der Waals surface area contributed by atoms with E-state index in [0.717, 1.165) is 82.8 Å². The van der Waals surface area contributed by atoms with Crippen molar-refractivity contribution in [3.05, 3.63) is 0 Å². The van der Waals surface area contributed by atoms with Crippen LogP contribution in [0.2, 0.25) is 0 Å². The van der Waals surface area contributed by atoms with Crippen molar-refractivity contribution in [1.82, 2.24) is 0 Å². The van der Waals surface area contributed by atoms with E-state index in [1.54, 1.807) is 0 Å². The van der Waals surface area contributed by atoms with Gasteiger partial charge in [-0.25, -0.2) is 13.7 Å². The van der Waals surface area contributed by atoms with Crippen LogP contribution in [-0.2, 0) is 55.6 Å². The maximum atomic E-state index is 13.1. The number of carbonyl (C=O) groups excluding carboxylic acids is 3. The summed E-state index contributed by atoms with van der Waals surface area (Å²) in [5, 5.41) is 32.2. The first-order valence-corrected chi connectivity index (χ1v) is 31.4. The lowest BCUT2D eigenvalue weighted by atomic mass is 9.85. The molecule has 0 saturated heterocycles. The van der Waals surface area contributed by atoms with E-state index in [-0.39, 0.29) is 13.0 Å². The normalized spacial score (nSPS) is 21.1. The van der Waals surface area contributed by atoms with Crippen LogP contribution >= 0.6 is 35.2 Å². The summed E-state index contributed by atoms with van der Waals surface area (Å²) < 4.78 is 65.6. The highest BCUT2D eigenvalue weighted by atomic mass is 32.2. The zero-order valence-electron chi connectivity index (χ0n) is 41.8. The maximum Gasteiger partial charge on any atom is 0.472 e. The van der Waals surface area contributed by atoms with Crippen molar-refractivity contribution in [3.8, 4) is 0 Å². The average Bonchev–Trinajstić information content (AvgIpc) is 3.28. The molecule has 0 heterocycles. The molecule has 8 atom stereocenters. The number of hydrogen-bond acceptors (Lipinski definition) is 16. The highest BCUT2D eigenvalue weighted by Crippen LogP contribution is 2.51. The van der Waals surface area contributed by atoms with E-state index in [1.165, 1.54) is 102 Å². The third kappa shape index (κ3) is 35.4. The summed E-state index contributed by atoms with van der Waals surface area (Å²) in [5.74, 6) is -0.577. The lowest BCUT2D eigenvalue weighted by Gasteiger charge is -2.44. The third-order valence-corrected chi connectivity index (χ3v) is 15.0. The van der Waals surface area contributed by atoms with Gasteiger partial charge in [0, 0.05) is 18.6 Å². The van der Waals surface area contributed by atoms with Gasteiger partial charge in [0.1, 0.15) is 42.7 Å². The van der Waals surface area contributed by atoms with Crippen molar-refractivity contribution >= 4 is 52.3 Å². The minimum Gasteiger partial charge on any atom is -0.466 e. The summed E-state index contributed by atoms with van der Waals surface area (Å²) in [5.41, 5.74) is 0. The van der Waals surface area contributed by atoms with Gasteiger partial charge in [0.15, 0.2) is 5.12 Å². The van der Waals surface area contributed by atoms with Crippen LogP contribution in [0.25, 0.3) is 0 Å². The zero-order chi connectivity index (χ0) is 52.3. The molecule has 24 heteroatoms. The number of hydrogen-bond donors (Lipinski definition) is 8. The van der Waals surface area contributed by atoms with Crippen LogP contribution < -0.4 is 0 Å². The van der Waals surface area contributed by atoms with E-state index < -0.39 is 91.2 Å². The highest BCUT2D eigenvalue weighted by molar-refractivity contribution is 8.13. The van der Waals surface area contributed by atoms with Crippen molar-refractivity contribution in [2.75, 3.05) is 19.0 Å². The molecule has 0 aromatic carbocycles. The molecule has 0 radical (unpaired) electrons. The van der Waals surface area contributed by atoms with Crippen molar-refractivity contribution in [2.45, 2.75) is 256 Å². The van der Waals surface area contributed by atoms with Crippen LogP contribution in [-0.4, -0.2) is 119 Å². The second-order valence-electron chi connectivity index (χ2n) is 18.4. The number of esters is 2. The lowest BCUT2D eigenvalue weighted by molar-refractivity contribution is -0.213. The van der Waals surface area contributed by atoms with Crippen LogP contribution in [0, 0.1) is 0 Å². The van der Waals surface area contributed by atoms with Crippen LogP contribution in [0.4, 0.5) is 0 Å². The molecule has 20 nitrogen and oxygen atoms in total. The molecule has 0 amide bonds. The Balaban J connectivity index is 2.63. The number of unbranched alkanes of at least 4 members (excludes halogenated alkanes) is 25. The number of rotatable bonds is 45. The van der Waals surface area contributed by atoms with Crippen LogP contribution in [0.1, 0.15) is 213 Å². The van der Waals surface area contributed by atoms with Crippen LogP contribution in [0.15, 0.2) is 0 Å². The Morgan fingerprint density at radius 2 is 0.900 bits per heavy atom. The first-order chi connectivity index (χ1) is 33.2. The number of phosphoric acid groups is 3. The molecule has 1 fully saturated rings. The minimum absolute atomic E-state index is 0.0158. The van der Waals surface area contributed by atoms with E-state index in [4.69, 9.17) is 18.5 Å². The molecule has 70 heavy (non-hydrogen) atoms. The van der Waals surface area contributed by atoms with Gasteiger partial charge in [0.2, 0.25) is 0 Å². The van der Waals surface area contributed by atoms with E-state index in [2.05, 4.69) is 16.0 Å². The van der Waals surface area contributed by atoms with Gasteiger partial charge in [-0.3, -0.25) is 32.5 Å². The predicted molar refractivity (Wildman–Crippen MR) is 265 cm³/mol. The maximum absolute atomic E-state index is 13.1. The monoisotopic (exact) mass is 1090 g/mol. The SMILES string of the molecule is CCCCCCCCCCCCCCCC(=O)O[C@@H](COP(=O)(O)OC1C(O)[C@H](OP(=O)(O)O)C(OP(=O)(O)O)[C@H](O)[C@@H]1O)CC(=O)OCCCCCCCCCCCCCCCCSC(=O)CCC. The first-order valence-electron chi connectivity index (χ1n) is 25.9. The number of carbonyl (C=O) groups is 3.